The van der Waals surface area contributed by atoms with Crippen molar-refractivity contribution in [2.75, 3.05) is 6.61 Å². The topological polar surface area (TPSA) is 47.9 Å². The largest absolute Gasteiger partial charge is 0.391 e. The zero-order valence-electron chi connectivity index (χ0n) is 31.8. The molecule has 46 heavy (non-hydrogen) atoms. The van der Waals surface area contributed by atoms with Crippen LogP contribution in [0.1, 0.15) is 153 Å². The monoisotopic (exact) mass is 657 g/mol. The Morgan fingerprint density at radius 1 is 0.826 bits per heavy atom. The maximum Gasteiger partial charge on any atom is 0.349 e. The first-order chi connectivity index (χ1) is 21.3. The molecule has 2 aliphatic heterocycles. The number of hydrogen-bond donors (Lipinski definition) is 1. The van der Waals surface area contributed by atoms with Gasteiger partial charge in [0, 0.05) is 16.0 Å². The van der Waals surface area contributed by atoms with Gasteiger partial charge in [0.2, 0.25) is 0 Å². The number of rotatable bonds is 6. The Balaban J connectivity index is 1.12. The van der Waals surface area contributed by atoms with E-state index in [1.165, 1.54) is 64.2 Å². The lowest BCUT2D eigenvalue weighted by Gasteiger charge is -2.62. The molecule has 5 heteroatoms. The molecule has 0 unspecified atom stereocenters. The van der Waals surface area contributed by atoms with Crippen molar-refractivity contribution < 1.29 is 18.7 Å². The van der Waals surface area contributed by atoms with E-state index in [2.05, 4.69) is 82.2 Å². The van der Waals surface area contributed by atoms with Crippen LogP contribution in [0.25, 0.3) is 0 Å². The van der Waals surface area contributed by atoms with Crippen LogP contribution >= 0.6 is 0 Å². The van der Waals surface area contributed by atoms with Crippen LogP contribution in [0.3, 0.4) is 0 Å². The molecule has 6 rings (SSSR count). The first-order valence-corrected chi connectivity index (χ1v) is 21.6. The predicted molar refractivity (Wildman–Crippen MR) is 192 cm³/mol. The van der Waals surface area contributed by atoms with Gasteiger partial charge in [-0.2, -0.15) is 0 Å². The molecule has 12 atom stereocenters. The van der Waals surface area contributed by atoms with Crippen molar-refractivity contribution in [3.8, 4) is 0 Å². The van der Waals surface area contributed by atoms with Crippen molar-refractivity contribution in [1.82, 2.24) is 0 Å². The summed E-state index contributed by atoms with van der Waals surface area (Å²) in [4.78, 5) is 0. The summed E-state index contributed by atoms with van der Waals surface area (Å²) in [5.74, 6) is 4.93. The fourth-order valence-corrected chi connectivity index (χ4v) is 18.1. The van der Waals surface area contributed by atoms with Gasteiger partial charge in [-0.1, -0.05) is 101 Å². The fraction of sp³-hybridized carbons (Fsp3) is 0.951. The van der Waals surface area contributed by atoms with E-state index in [1.54, 1.807) is 0 Å². The third-order valence-electron chi connectivity index (χ3n) is 15.4. The van der Waals surface area contributed by atoms with Crippen LogP contribution < -0.4 is 0 Å². The second-order valence-corrected chi connectivity index (χ2v) is 25.2. The molecule has 2 heterocycles. The predicted octanol–water partition coefficient (Wildman–Crippen LogP) is 10.8. The van der Waals surface area contributed by atoms with Crippen molar-refractivity contribution in [1.29, 1.82) is 0 Å². The van der Waals surface area contributed by atoms with Crippen LogP contribution in [0.4, 0.5) is 0 Å². The van der Waals surface area contributed by atoms with Crippen LogP contribution in [0.2, 0.25) is 10.1 Å². The van der Waals surface area contributed by atoms with E-state index in [9.17, 15) is 5.11 Å². The lowest BCUT2D eigenvalue weighted by atomic mass is 9.43. The zero-order chi connectivity index (χ0) is 33.5. The minimum absolute atomic E-state index is 0.0633. The minimum Gasteiger partial charge on any atom is -0.391 e. The Bertz CT molecular complexity index is 1110. The first kappa shape index (κ1) is 35.6. The van der Waals surface area contributed by atoms with Gasteiger partial charge in [-0.25, -0.2) is 0 Å². The van der Waals surface area contributed by atoms with Gasteiger partial charge in [0.25, 0.3) is 0 Å². The molecule has 4 saturated carbocycles. The van der Waals surface area contributed by atoms with Gasteiger partial charge in [-0.05, 0) is 116 Å². The van der Waals surface area contributed by atoms with E-state index >= 15 is 0 Å². The third kappa shape index (κ3) is 5.78. The normalized spacial score (nSPS) is 46.3. The van der Waals surface area contributed by atoms with E-state index in [1.807, 2.05) is 6.08 Å². The van der Waals surface area contributed by atoms with Gasteiger partial charge in [0.05, 0.1) is 12.7 Å². The summed E-state index contributed by atoms with van der Waals surface area (Å²) in [6.45, 7) is 26.8. The van der Waals surface area contributed by atoms with Gasteiger partial charge in [0.1, 0.15) is 6.10 Å². The Kier molecular flexibility index (Phi) is 9.47. The molecule has 6 aliphatic rings. The average Bonchev–Trinajstić information content (AvgIpc) is 3.32. The summed E-state index contributed by atoms with van der Waals surface area (Å²) >= 11 is 0. The average molecular weight is 657 g/mol. The minimum atomic E-state index is -2.58. The lowest BCUT2D eigenvalue weighted by Crippen LogP contribution is -2.66. The molecule has 0 spiro atoms. The van der Waals surface area contributed by atoms with Crippen molar-refractivity contribution in [3.63, 3.8) is 0 Å². The highest BCUT2D eigenvalue weighted by molar-refractivity contribution is 6.73. The molecule has 0 aromatic rings. The maximum absolute atomic E-state index is 12.1. The highest BCUT2D eigenvalue weighted by atomic mass is 28.4. The summed E-state index contributed by atoms with van der Waals surface area (Å²) in [5, 5.41) is 12.0. The highest BCUT2D eigenvalue weighted by Gasteiger charge is 2.64. The quantitative estimate of drug-likeness (QED) is 0.228. The molecule has 0 aromatic carbocycles. The van der Waals surface area contributed by atoms with E-state index in [0.717, 1.165) is 48.3 Å². The molecule has 1 N–H and O–H groups in total. The van der Waals surface area contributed by atoms with Crippen LogP contribution in [0.5, 0.6) is 0 Å². The molecule has 0 aromatic heterocycles. The Morgan fingerprint density at radius 3 is 2.17 bits per heavy atom. The molecule has 0 amide bonds. The molecular formula is C41H72O4Si. The van der Waals surface area contributed by atoms with Crippen molar-refractivity contribution >= 4 is 8.56 Å². The Morgan fingerprint density at radius 2 is 1.50 bits per heavy atom. The van der Waals surface area contributed by atoms with Gasteiger partial charge < -0.3 is 18.7 Å². The van der Waals surface area contributed by atoms with Gasteiger partial charge in [-0.15, -0.1) is 0 Å². The fourth-order valence-electron chi connectivity index (χ4n) is 13.2. The smallest absolute Gasteiger partial charge is 0.349 e. The number of aliphatic hydroxyl groups is 1. The molecule has 5 fully saturated rings. The van der Waals surface area contributed by atoms with Gasteiger partial charge in [-0.3, -0.25) is 0 Å². The summed E-state index contributed by atoms with van der Waals surface area (Å²) < 4.78 is 20.3. The second kappa shape index (κ2) is 12.2. The van der Waals surface area contributed by atoms with Gasteiger partial charge >= 0.3 is 8.56 Å². The molecule has 1 saturated heterocycles. The standard InChI is InChI=1S/C41H72O4Si/c1-27(2)13-12-14-28(3)32-17-18-33-31-16-15-29-25-30(19-22-39(29,10)34(31)20-23-40(32,33)11)41(42)24-21-35-36(44-41)26-43-46(45-35,37(4,5)6)38(7,8)9/h21,24,27-36,42H,12-20,22-23,25-26H2,1-11H3/t28-,29+,30+,31+,32-,33+,34+,35-,36-,39+,40-,41-/m1/s1. The number of hydrogen-bond acceptors (Lipinski definition) is 4. The Hall–Kier alpha value is -0.203. The molecule has 0 bridgehead atoms. The van der Waals surface area contributed by atoms with Crippen LogP contribution in [0.15, 0.2) is 12.2 Å². The van der Waals surface area contributed by atoms with Crippen molar-refractivity contribution in [3.05, 3.63) is 12.2 Å². The summed E-state index contributed by atoms with van der Waals surface area (Å²) in [6.07, 6.45) is 19.9. The summed E-state index contributed by atoms with van der Waals surface area (Å²) in [6, 6.07) is 0. The molecule has 264 valence electrons. The number of ether oxygens (including phenoxy) is 1. The first-order valence-electron chi connectivity index (χ1n) is 19.8. The van der Waals surface area contributed by atoms with Crippen LogP contribution in [0, 0.1) is 58.2 Å². The molecule has 4 nitrogen and oxygen atoms in total. The Labute approximate surface area is 284 Å². The molecule has 4 aliphatic carbocycles. The third-order valence-corrected chi connectivity index (χ3v) is 20.5. The highest BCUT2D eigenvalue weighted by Crippen LogP contribution is 2.69. The zero-order valence-corrected chi connectivity index (χ0v) is 32.8. The van der Waals surface area contributed by atoms with Crippen molar-refractivity contribution in [2.45, 2.75) is 181 Å². The van der Waals surface area contributed by atoms with Crippen LogP contribution in [-0.2, 0) is 13.6 Å². The lowest BCUT2D eigenvalue weighted by molar-refractivity contribution is -0.274. The second-order valence-electron chi connectivity index (χ2n) is 20.4. The SMILES string of the molecule is CC(C)CCC[C@@H](C)[C@H]1CC[C@H]2[C@@H]3CC[C@H]4C[C@@H]([C@@]5(O)C=C[C@H]6O[Si](C(C)(C)C)(C(C)(C)C)OC[C@H]6O5)CC[C@]4(C)[C@H]3CC[C@]12C. The van der Waals surface area contributed by atoms with E-state index < -0.39 is 14.3 Å². The van der Waals surface area contributed by atoms with E-state index in [-0.39, 0.29) is 28.2 Å². The van der Waals surface area contributed by atoms with E-state index in [4.69, 9.17) is 13.6 Å². The summed E-state index contributed by atoms with van der Waals surface area (Å²) in [5.41, 5.74) is 0.955. The van der Waals surface area contributed by atoms with Crippen molar-refractivity contribution in [2.24, 2.45) is 58.2 Å². The molecule has 0 radical (unpaired) electrons. The maximum atomic E-state index is 12.1. The van der Waals surface area contributed by atoms with Gasteiger partial charge in [0.15, 0.2) is 5.79 Å². The van der Waals surface area contributed by atoms with Crippen LogP contribution in [-0.4, -0.2) is 38.3 Å². The summed E-state index contributed by atoms with van der Waals surface area (Å²) in [7, 11) is -2.58. The van der Waals surface area contributed by atoms with E-state index in [0.29, 0.717) is 23.4 Å². The molecular weight excluding hydrogens is 585 g/mol. The number of fused-ring (bicyclic) bond motifs is 6.